The molecular weight excluding hydrogens is 209 g/mol. The second kappa shape index (κ2) is 3.99. The van der Waals surface area contributed by atoms with Crippen LogP contribution in [0.3, 0.4) is 0 Å². The number of phenols is 1. The number of halogens is 2. The summed E-state index contributed by atoms with van der Waals surface area (Å²) >= 11 is 11.4. The van der Waals surface area contributed by atoms with E-state index in [-0.39, 0.29) is 10.8 Å². The lowest BCUT2D eigenvalue weighted by Gasteiger charge is -2.06. The van der Waals surface area contributed by atoms with Crippen LogP contribution in [0, 0.1) is 5.41 Å². The number of benzene rings is 1. The van der Waals surface area contributed by atoms with Crippen LogP contribution in [0.1, 0.15) is 18.9 Å². The first-order chi connectivity index (χ1) is 6.06. The number of hydrogen-bond donors (Lipinski definition) is 2. The van der Waals surface area contributed by atoms with Crippen LogP contribution < -0.4 is 0 Å². The molecule has 1 aromatic rings. The van der Waals surface area contributed by atoms with E-state index in [2.05, 4.69) is 0 Å². The fourth-order valence-corrected chi connectivity index (χ4v) is 1.48. The van der Waals surface area contributed by atoms with Gasteiger partial charge in [-0.15, -0.1) is 0 Å². The number of phenolic OH excluding ortho intramolecular Hbond substituents is 1. The van der Waals surface area contributed by atoms with Gasteiger partial charge in [0.1, 0.15) is 5.75 Å². The van der Waals surface area contributed by atoms with Gasteiger partial charge in [0.05, 0.1) is 5.02 Å². The molecule has 0 saturated heterocycles. The fourth-order valence-electron chi connectivity index (χ4n) is 0.986. The Morgan fingerprint density at radius 2 is 2.08 bits per heavy atom. The maximum absolute atomic E-state index is 9.49. The van der Waals surface area contributed by atoms with Crippen LogP contribution in [-0.4, -0.2) is 10.8 Å². The quantitative estimate of drug-likeness (QED) is 0.733. The highest BCUT2D eigenvalue weighted by Gasteiger charge is 2.10. The summed E-state index contributed by atoms with van der Waals surface area (Å²) in [5.74, 6) is -0.0714. The van der Waals surface area contributed by atoms with Crippen molar-refractivity contribution in [2.45, 2.75) is 13.3 Å². The number of aromatic hydroxyl groups is 1. The van der Waals surface area contributed by atoms with E-state index in [0.717, 1.165) is 0 Å². The Balaban J connectivity index is 3.28. The van der Waals surface area contributed by atoms with Crippen molar-refractivity contribution in [2.75, 3.05) is 0 Å². The third-order valence-electron chi connectivity index (χ3n) is 1.71. The molecule has 4 heteroatoms. The molecule has 0 fully saturated rings. The minimum absolute atomic E-state index is 0.0714. The highest BCUT2D eigenvalue weighted by atomic mass is 35.5. The molecule has 0 atom stereocenters. The Kier molecular flexibility index (Phi) is 3.17. The zero-order valence-electron chi connectivity index (χ0n) is 7.06. The second-order valence-corrected chi connectivity index (χ2v) is 3.46. The van der Waals surface area contributed by atoms with Gasteiger partial charge in [-0.05, 0) is 18.6 Å². The van der Waals surface area contributed by atoms with Crippen LogP contribution in [0.25, 0.3) is 0 Å². The molecule has 13 heavy (non-hydrogen) atoms. The predicted octanol–water partition coefficient (Wildman–Crippen LogP) is 3.48. The summed E-state index contributed by atoms with van der Waals surface area (Å²) in [6.07, 6.45) is 0.532. The van der Waals surface area contributed by atoms with E-state index < -0.39 is 0 Å². The zero-order chi connectivity index (χ0) is 10.0. The monoisotopic (exact) mass is 217 g/mol. The van der Waals surface area contributed by atoms with Gasteiger partial charge in [0.15, 0.2) is 0 Å². The van der Waals surface area contributed by atoms with E-state index in [1.54, 1.807) is 0 Å². The largest absolute Gasteiger partial charge is 0.506 e. The summed E-state index contributed by atoms with van der Waals surface area (Å²) in [5.41, 5.74) is 0.724. The minimum atomic E-state index is -0.0714. The van der Waals surface area contributed by atoms with E-state index in [9.17, 15) is 5.11 Å². The van der Waals surface area contributed by atoms with Crippen LogP contribution in [0.15, 0.2) is 12.1 Å². The summed E-state index contributed by atoms with van der Waals surface area (Å²) in [4.78, 5) is 0. The first kappa shape index (κ1) is 10.4. The Labute approximate surface area is 86.6 Å². The summed E-state index contributed by atoms with van der Waals surface area (Å²) in [7, 11) is 0. The van der Waals surface area contributed by atoms with E-state index in [1.807, 2.05) is 6.92 Å². The van der Waals surface area contributed by atoms with Crippen LogP contribution >= 0.6 is 23.2 Å². The van der Waals surface area contributed by atoms with Gasteiger partial charge in [0, 0.05) is 16.3 Å². The highest BCUT2D eigenvalue weighted by Crippen LogP contribution is 2.31. The van der Waals surface area contributed by atoms with E-state index in [4.69, 9.17) is 28.6 Å². The molecule has 0 amide bonds. The van der Waals surface area contributed by atoms with Gasteiger partial charge in [-0.25, -0.2) is 0 Å². The average Bonchev–Trinajstić information content (AvgIpc) is 2.10. The average molecular weight is 218 g/mol. The number of nitrogens with one attached hydrogen (secondary N) is 1. The van der Waals surface area contributed by atoms with Crippen molar-refractivity contribution in [3.05, 3.63) is 27.7 Å². The first-order valence-corrected chi connectivity index (χ1v) is 4.57. The van der Waals surface area contributed by atoms with Crippen LogP contribution in [-0.2, 0) is 0 Å². The van der Waals surface area contributed by atoms with Gasteiger partial charge in [-0.2, -0.15) is 0 Å². The molecule has 0 aliphatic rings. The third-order valence-corrected chi connectivity index (χ3v) is 2.21. The smallest absolute Gasteiger partial charge is 0.143 e. The summed E-state index contributed by atoms with van der Waals surface area (Å²) in [5, 5.41) is 17.6. The lowest BCUT2D eigenvalue weighted by atomic mass is 10.1. The van der Waals surface area contributed by atoms with Gasteiger partial charge in [0.25, 0.3) is 0 Å². The summed E-state index contributed by atoms with van der Waals surface area (Å²) in [6.45, 7) is 1.83. The van der Waals surface area contributed by atoms with Gasteiger partial charge in [0.2, 0.25) is 0 Å². The molecular formula is C9H9Cl2NO. The molecule has 0 aromatic heterocycles. The molecule has 0 radical (unpaired) electrons. The van der Waals surface area contributed by atoms with Crippen molar-refractivity contribution >= 4 is 28.9 Å². The summed E-state index contributed by atoms with van der Waals surface area (Å²) < 4.78 is 0. The number of rotatable bonds is 2. The molecule has 1 rings (SSSR count). The molecule has 0 spiro atoms. The maximum atomic E-state index is 9.49. The van der Waals surface area contributed by atoms with Crippen molar-refractivity contribution in [3.8, 4) is 5.75 Å². The SMILES string of the molecule is CCC(=N)c1cc(Cl)cc(Cl)c1O. The normalized spacial score (nSPS) is 10.1. The van der Waals surface area contributed by atoms with Crippen molar-refractivity contribution < 1.29 is 5.11 Å². The molecule has 70 valence electrons. The second-order valence-electron chi connectivity index (χ2n) is 2.62. The van der Waals surface area contributed by atoms with Crippen LogP contribution in [0.5, 0.6) is 5.75 Å². The summed E-state index contributed by atoms with van der Waals surface area (Å²) in [6, 6.07) is 2.99. The lowest BCUT2D eigenvalue weighted by Crippen LogP contribution is -1.97. The Bertz CT molecular complexity index is 350. The molecule has 0 heterocycles. The molecule has 0 saturated carbocycles. The van der Waals surface area contributed by atoms with Gasteiger partial charge in [-0.3, -0.25) is 0 Å². The number of hydrogen-bond acceptors (Lipinski definition) is 2. The van der Waals surface area contributed by atoms with E-state index in [1.165, 1.54) is 12.1 Å². The lowest BCUT2D eigenvalue weighted by molar-refractivity contribution is 0.474. The van der Waals surface area contributed by atoms with Crippen molar-refractivity contribution in [1.82, 2.24) is 0 Å². The van der Waals surface area contributed by atoms with Crippen molar-refractivity contribution in [3.63, 3.8) is 0 Å². The highest BCUT2D eigenvalue weighted by molar-refractivity contribution is 6.36. The molecule has 2 N–H and O–H groups in total. The molecule has 1 aromatic carbocycles. The van der Waals surface area contributed by atoms with E-state index in [0.29, 0.717) is 22.7 Å². The predicted molar refractivity (Wildman–Crippen MR) is 55.2 cm³/mol. The van der Waals surface area contributed by atoms with Gasteiger partial charge < -0.3 is 10.5 Å². The van der Waals surface area contributed by atoms with Crippen LogP contribution in [0.4, 0.5) is 0 Å². The molecule has 2 nitrogen and oxygen atoms in total. The Morgan fingerprint density at radius 1 is 1.46 bits per heavy atom. The van der Waals surface area contributed by atoms with E-state index >= 15 is 0 Å². The first-order valence-electron chi connectivity index (χ1n) is 3.82. The molecule has 0 bridgehead atoms. The van der Waals surface area contributed by atoms with Gasteiger partial charge >= 0.3 is 0 Å². The van der Waals surface area contributed by atoms with Gasteiger partial charge in [-0.1, -0.05) is 30.1 Å². The topological polar surface area (TPSA) is 44.1 Å². The zero-order valence-corrected chi connectivity index (χ0v) is 8.58. The molecule has 0 aliphatic carbocycles. The maximum Gasteiger partial charge on any atom is 0.143 e. The fraction of sp³-hybridized carbons (Fsp3) is 0.222. The van der Waals surface area contributed by atoms with Crippen LogP contribution in [0.2, 0.25) is 10.0 Å². The standard InChI is InChI=1S/C9H9Cl2NO/c1-2-8(12)6-3-5(10)4-7(11)9(6)13/h3-4,12-13H,2H2,1H3. The molecule has 0 aliphatic heterocycles. The third kappa shape index (κ3) is 2.14. The van der Waals surface area contributed by atoms with Crippen molar-refractivity contribution in [2.24, 2.45) is 0 Å². The molecule has 0 unspecified atom stereocenters. The van der Waals surface area contributed by atoms with Crippen molar-refractivity contribution in [1.29, 1.82) is 5.41 Å². The Morgan fingerprint density at radius 3 is 2.62 bits per heavy atom. The minimum Gasteiger partial charge on any atom is -0.506 e. The Hall–Kier alpha value is -0.730.